The molecule has 1 aliphatic carbocycles. The fourth-order valence-electron chi connectivity index (χ4n) is 4.57. The van der Waals surface area contributed by atoms with Gasteiger partial charge in [0.15, 0.2) is 0 Å². The number of hydrogen-bond donors (Lipinski definition) is 2. The van der Waals surface area contributed by atoms with Gasteiger partial charge in [0, 0.05) is 26.5 Å². The molecule has 0 radical (unpaired) electrons. The summed E-state index contributed by atoms with van der Waals surface area (Å²) in [6.45, 7) is 5.38. The average Bonchev–Trinajstić information content (AvgIpc) is 3.15. The number of amides is 2. The van der Waals surface area contributed by atoms with E-state index in [2.05, 4.69) is 17.4 Å². The Morgan fingerprint density at radius 1 is 1.06 bits per heavy atom. The van der Waals surface area contributed by atoms with Crippen LogP contribution in [0, 0.1) is 0 Å². The van der Waals surface area contributed by atoms with Crippen LogP contribution in [0.4, 0.5) is 4.79 Å². The van der Waals surface area contributed by atoms with Crippen LogP contribution in [-0.2, 0) is 19.1 Å². The number of carboxylic acids is 1. The van der Waals surface area contributed by atoms with Crippen molar-refractivity contribution in [1.82, 2.24) is 10.2 Å². The third-order valence-electron chi connectivity index (χ3n) is 6.67. The van der Waals surface area contributed by atoms with Gasteiger partial charge in [0.25, 0.3) is 0 Å². The highest BCUT2D eigenvalue weighted by atomic mass is 16.5. The summed E-state index contributed by atoms with van der Waals surface area (Å²) in [5.41, 5.74) is 3.67. The number of hydrogen-bond acceptors (Lipinski definition) is 5. The fraction of sp³-hybridized carbons (Fsp3) is 0.444. The maximum Gasteiger partial charge on any atom is 0.407 e. The molecule has 0 saturated heterocycles. The molecule has 8 nitrogen and oxygen atoms in total. The van der Waals surface area contributed by atoms with Crippen LogP contribution in [0.5, 0.6) is 0 Å². The largest absolute Gasteiger partial charge is 0.480 e. The number of nitrogens with one attached hydrogen (secondary N) is 1. The summed E-state index contributed by atoms with van der Waals surface area (Å²) < 4.78 is 11.1. The predicted octanol–water partition coefficient (Wildman–Crippen LogP) is 4.03. The summed E-state index contributed by atoms with van der Waals surface area (Å²) in [7, 11) is 2.95. The molecule has 0 saturated carbocycles. The summed E-state index contributed by atoms with van der Waals surface area (Å²) in [5.74, 6) is -1.73. The number of fused-ring (bicyclic) bond motifs is 3. The lowest BCUT2D eigenvalue weighted by atomic mass is 9.97. The lowest BCUT2D eigenvalue weighted by molar-refractivity contribution is -0.150. The first-order valence-electron chi connectivity index (χ1n) is 11.8. The Kier molecular flexibility index (Phi) is 8.17. The second kappa shape index (κ2) is 10.9. The van der Waals surface area contributed by atoms with Crippen molar-refractivity contribution in [2.45, 2.75) is 57.2 Å². The SMILES string of the molecule is CCC(C(=O)O)N(C)C(=O)C(CC(C)(C)OC)NC(=O)OCC1c2ccccc2-c2ccccc21. The van der Waals surface area contributed by atoms with Crippen molar-refractivity contribution in [2.75, 3.05) is 20.8 Å². The predicted molar refractivity (Wildman–Crippen MR) is 132 cm³/mol. The van der Waals surface area contributed by atoms with Gasteiger partial charge in [-0.15, -0.1) is 0 Å². The summed E-state index contributed by atoms with van der Waals surface area (Å²) in [5, 5.41) is 12.1. The van der Waals surface area contributed by atoms with Crippen LogP contribution in [0.2, 0.25) is 0 Å². The molecule has 0 heterocycles. The second-order valence-corrected chi connectivity index (χ2v) is 9.40. The first-order valence-corrected chi connectivity index (χ1v) is 11.8. The van der Waals surface area contributed by atoms with Gasteiger partial charge >= 0.3 is 12.1 Å². The zero-order valence-corrected chi connectivity index (χ0v) is 20.9. The van der Waals surface area contributed by atoms with E-state index in [-0.39, 0.29) is 25.4 Å². The number of nitrogens with zero attached hydrogens (tertiary/aromatic N) is 1. The number of aliphatic carboxylic acids is 1. The molecule has 2 amide bonds. The van der Waals surface area contributed by atoms with Crippen LogP contribution in [0.3, 0.4) is 0 Å². The summed E-state index contributed by atoms with van der Waals surface area (Å²) in [4.78, 5) is 38.8. The molecule has 2 aromatic rings. The van der Waals surface area contributed by atoms with Crippen molar-refractivity contribution in [2.24, 2.45) is 0 Å². The zero-order chi connectivity index (χ0) is 25.8. The number of ether oxygens (including phenoxy) is 2. The highest BCUT2D eigenvalue weighted by Crippen LogP contribution is 2.44. The monoisotopic (exact) mass is 482 g/mol. The Morgan fingerprint density at radius 2 is 1.60 bits per heavy atom. The number of carbonyl (C=O) groups excluding carboxylic acids is 2. The van der Waals surface area contributed by atoms with Crippen molar-refractivity contribution in [3.8, 4) is 11.1 Å². The van der Waals surface area contributed by atoms with Crippen molar-refractivity contribution in [3.05, 3.63) is 59.7 Å². The Bertz CT molecular complexity index is 1040. The fourth-order valence-corrected chi connectivity index (χ4v) is 4.57. The second-order valence-electron chi connectivity index (χ2n) is 9.40. The first kappa shape index (κ1) is 26.2. The number of rotatable bonds is 10. The molecule has 2 unspecified atom stereocenters. The smallest absolute Gasteiger partial charge is 0.407 e. The van der Waals surface area contributed by atoms with E-state index < -0.39 is 35.7 Å². The van der Waals surface area contributed by atoms with Gasteiger partial charge < -0.3 is 24.8 Å². The molecule has 0 bridgehead atoms. The van der Waals surface area contributed by atoms with E-state index in [1.54, 1.807) is 20.8 Å². The van der Waals surface area contributed by atoms with Crippen LogP contribution in [0.25, 0.3) is 11.1 Å². The minimum atomic E-state index is -1.10. The minimum Gasteiger partial charge on any atom is -0.480 e. The number of carboxylic acid groups (broad SMARTS) is 1. The van der Waals surface area contributed by atoms with Crippen LogP contribution in [0.1, 0.15) is 50.7 Å². The van der Waals surface area contributed by atoms with Gasteiger partial charge in [-0.25, -0.2) is 9.59 Å². The topological polar surface area (TPSA) is 105 Å². The highest BCUT2D eigenvalue weighted by molar-refractivity contribution is 5.89. The first-order chi connectivity index (χ1) is 16.6. The molecule has 1 aliphatic rings. The zero-order valence-electron chi connectivity index (χ0n) is 20.9. The summed E-state index contributed by atoms with van der Waals surface area (Å²) in [6.07, 6.45) is -0.357. The number of likely N-dealkylation sites (N-methyl/N-ethyl adjacent to an activating group) is 1. The number of carbonyl (C=O) groups is 3. The van der Waals surface area contributed by atoms with E-state index in [0.717, 1.165) is 27.2 Å². The van der Waals surface area contributed by atoms with Gasteiger partial charge in [0.2, 0.25) is 5.91 Å². The molecule has 8 heteroatoms. The molecule has 188 valence electrons. The Balaban J connectivity index is 1.74. The Hall–Kier alpha value is -3.39. The van der Waals surface area contributed by atoms with Gasteiger partial charge in [-0.05, 0) is 42.5 Å². The lowest BCUT2D eigenvalue weighted by Gasteiger charge is -2.32. The van der Waals surface area contributed by atoms with Crippen LogP contribution in [0.15, 0.2) is 48.5 Å². The van der Waals surface area contributed by atoms with Crippen molar-refractivity contribution in [1.29, 1.82) is 0 Å². The molecular weight excluding hydrogens is 448 g/mol. The summed E-state index contributed by atoms with van der Waals surface area (Å²) in [6, 6.07) is 14.0. The van der Waals surface area contributed by atoms with Gasteiger partial charge in [-0.3, -0.25) is 4.79 Å². The van der Waals surface area contributed by atoms with Crippen LogP contribution in [-0.4, -0.2) is 66.4 Å². The number of methoxy groups -OCH3 is 1. The molecule has 0 aliphatic heterocycles. The molecule has 0 aromatic heterocycles. The van der Waals surface area contributed by atoms with Gasteiger partial charge in [0.05, 0.1) is 5.60 Å². The molecule has 2 N–H and O–H groups in total. The van der Waals surface area contributed by atoms with Crippen molar-refractivity contribution in [3.63, 3.8) is 0 Å². The average molecular weight is 483 g/mol. The minimum absolute atomic E-state index is 0.108. The van der Waals surface area contributed by atoms with Crippen molar-refractivity contribution >= 4 is 18.0 Å². The lowest BCUT2D eigenvalue weighted by Crippen LogP contribution is -2.54. The van der Waals surface area contributed by atoms with Crippen LogP contribution < -0.4 is 5.32 Å². The molecule has 0 spiro atoms. The maximum absolute atomic E-state index is 13.2. The molecular formula is C27H34N2O6. The van der Waals surface area contributed by atoms with Crippen LogP contribution >= 0.6 is 0 Å². The van der Waals surface area contributed by atoms with E-state index in [4.69, 9.17) is 9.47 Å². The third-order valence-corrected chi connectivity index (χ3v) is 6.67. The van der Waals surface area contributed by atoms with E-state index >= 15 is 0 Å². The van der Waals surface area contributed by atoms with Crippen molar-refractivity contribution < 1.29 is 29.0 Å². The summed E-state index contributed by atoms with van der Waals surface area (Å²) >= 11 is 0. The highest BCUT2D eigenvalue weighted by Gasteiger charge is 2.36. The van der Waals surface area contributed by atoms with E-state index in [9.17, 15) is 19.5 Å². The Labute approximate surface area is 206 Å². The van der Waals surface area contributed by atoms with E-state index in [1.165, 1.54) is 14.2 Å². The van der Waals surface area contributed by atoms with Gasteiger partial charge in [0.1, 0.15) is 18.7 Å². The normalized spacial score (nSPS) is 14.4. The maximum atomic E-state index is 13.2. The third kappa shape index (κ3) is 5.82. The van der Waals surface area contributed by atoms with Gasteiger partial charge in [-0.2, -0.15) is 0 Å². The van der Waals surface area contributed by atoms with E-state index in [1.807, 2.05) is 36.4 Å². The molecule has 2 aromatic carbocycles. The molecule has 0 fully saturated rings. The number of alkyl carbamates (subject to hydrolysis) is 1. The Morgan fingerprint density at radius 3 is 2.09 bits per heavy atom. The molecule has 35 heavy (non-hydrogen) atoms. The quantitative estimate of drug-likeness (QED) is 0.530. The molecule has 2 atom stereocenters. The standard InChI is InChI=1S/C27H34N2O6/c1-6-23(25(31)32)29(4)24(30)22(15-27(2,3)34-5)28-26(33)35-16-21-19-13-9-7-11-17(19)18-12-8-10-14-20(18)21/h7-14,21-23H,6,15-16H2,1-5H3,(H,28,33)(H,31,32). The van der Waals surface area contributed by atoms with Gasteiger partial charge in [-0.1, -0.05) is 55.5 Å². The molecule has 3 rings (SSSR count). The number of benzene rings is 2. The van der Waals surface area contributed by atoms with E-state index in [0.29, 0.717) is 0 Å².